The van der Waals surface area contributed by atoms with Gasteiger partial charge in [0.15, 0.2) is 11.6 Å². The lowest BCUT2D eigenvalue weighted by Gasteiger charge is -2.12. The number of ketones is 2. The van der Waals surface area contributed by atoms with Crippen LogP contribution in [0, 0.1) is 0 Å². The minimum Gasteiger partial charge on any atom is -0.289 e. The Morgan fingerprint density at radius 2 is 0.821 bits per heavy atom. The second kappa shape index (κ2) is 6.72. The number of carbonyl (C=O) groups is 2. The number of benzene rings is 2. The summed E-state index contributed by atoms with van der Waals surface area (Å²) in [5.74, 6) is 0.210. The Balaban J connectivity index is 2.11. The maximum Gasteiger partial charge on any atom is 0.184 e. The third kappa shape index (κ3) is 2.91. The normalized spacial score (nSPS) is 17.4. The first-order valence-corrected chi connectivity index (χ1v) is 9.46. The average Bonchev–Trinajstić information content (AvgIpc) is 2.68. The number of fused-ring (bicyclic) bond motifs is 1. The standard InChI is InChI=1S/C26H22O2/c1-15-11-19(12-16(2)25(15)27)21-7-5-10-24-22(8-6-9-23(21)24)20-13-17(3)26(28)18(4)14-20/h5-14H,1-4H3. The van der Waals surface area contributed by atoms with Gasteiger partial charge in [0, 0.05) is 0 Å². The zero-order chi connectivity index (χ0) is 20.0. The van der Waals surface area contributed by atoms with Crippen LogP contribution in [0.4, 0.5) is 0 Å². The largest absolute Gasteiger partial charge is 0.289 e. The second-order valence-electron chi connectivity index (χ2n) is 7.58. The van der Waals surface area contributed by atoms with Crippen molar-refractivity contribution in [2.75, 3.05) is 0 Å². The lowest BCUT2D eigenvalue weighted by atomic mass is 9.91. The van der Waals surface area contributed by atoms with E-state index in [1.807, 2.05) is 52.0 Å². The molecule has 0 saturated heterocycles. The highest BCUT2D eigenvalue weighted by Crippen LogP contribution is 2.21. The van der Waals surface area contributed by atoms with Gasteiger partial charge >= 0.3 is 0 Å². The van der Waals surface area contributed by atoms with Crippen molar-refractivity contribution in [2.24, 2.45) is 0 Å². The van der Waals surface area contributed by atoms with Crippen molar-refractivity contribution in [3.8, 4) is 0 Å². The fraction of sp³-hybridized carbons (Fsp3) is 0.154. The molecule has 2 nitrogen and oxygen atoms in total. The SMILES string of the molecule is CC1=CC(=c2cccc3c(=C4C=C(C)C(=O)C(C)=C4)cccc23)C=C(C)C1=O. The molecule has 0 atom stereocenters. The van der Waals surface area contributed by atoms with Crippen LogP contribution in [0.1, 0.15) is 27.7 Å². The van der Waals surface area contributed by atoms with Gasteiger partial charge < -0.3 is 0 Å². The molecule has 2 aliphatic rings. The number of carbonyl (C=O) groups excluding carboxylic acids is 2. The Morgan fingerprint density at radius 1 is 0.500 bits per heavy atom. The Morgan fingerprint density at radius 3 is 1.14 bits per heavy atom. The highest BCUT2D eigenvalue weighted by atomic mass is 16.1. The van der Waals surface area contributed by atoms with Crippen LogP contribution in [-0.4, -0.2) is 11.6 Å². The summed E-state index contributed by atoms with van der Waals surface area (Å²) in [7, 11) is 0. The van der Waals surface area contributed by atoms with Gasteiger partial charge in [0.1, 0.15) is 0 Å². The van der Waals surface area contributed by atoms with Crippen LogP contribution in [0.15, 0.2) is 83.0 Å². The number of Topliss-reactive ketones (excluding diaryl/α,β-unsaturated/α-hetero) is 2. The van der Waals surface area contributed by atoms with Gasteiger partial charge in [-0.05, 0) is 107 Å². The van der Waals surface area contributed by atoms with Gasteiger partial charge in [0.2, 0.25) is 0 Å². The van der Waals surface area contributed by atoms with Crippen LogP contribution < -0.4 is 10.4 Å². The molecule has 0 saturated carbocycles. The van der Waals surface area contributed by atoms with Crippen molar-refractivity contribution in [3.63, 3.8) is 0 Å². The van der Waals surface area contributed by atoms with Crippen molar-refractivity contribution in [2.45, 2.75) is 27.7 Å². The molecule has 0 aromatic heterocycles. The van der Waals surface area contributed by atoms with Crippen LogP contribution in [0.3, 0.4) is 0 Å². The molecule has 0 spiro atoms. The minimum absolute atomic E-state index is 0.105. The molecule has 0 heterocycles. The van der Waals surface area contributed by atoms with Crippen molar-refractivity contribution in [1.29, 1.82) is 0 Å². The zero-order valence-electron chi connectivity index (χ0n) is 16.6. The third-order valence-electron chi connectivity index (χ3n) is 5.46. The molecular formula is C26H22O2. The highest BCUT2D eigenvalue weighted by molar-refractivity contribution is 6.13. The Kier molecular flexibility index (Phi) is 4.35. The van der Waals surface area contributed by atoms with Crippen LogP contribution in [0.2, 0.25) is 0 Å². The van der Waals surface area contributed by atoms with E-state index in [2.05, 4.69) is 36.4 Å². The number of hydrogen-bond donors (Lipinski definition) is 0. The summed E-state index contributed by atoms with van der Waals surface area (Å²) < 4.78 is 0. The van der Waals surface area contributed by atoms with Gasteiger partial charge in [-0.2, -0.15) is 0 Å². The summed E-state index contributed by atoms with van der Waals surface area (Å²) >= 11 is 0. The predicted octanol–water partition coefficient (Wildman–Crippen LogP) is 4.09. The number of allylic oxidation sites excluding steroid dienone is 8. The fourth-order valence-electron chi connectivity index (χ4n) is 4.02. The summed E-state index contributed by atoms with van der Waals surface area (Å²) in [5, 5.41) is 4.50. The van der Waals surface area contributed by atoms with Crippen molar-refractivity contribution in [1.82, 2.24) is 0 Å². The molecule has 0 radical (unpaired) electrons. The van der Waals surface area contributed by atoms with Crippen LogP contribution in [-0.2, 0) is 9.59 Å². The van der Waals surface area contributed by atoms with E-state index in [1.54, 1.807) is 0 Å². The molecule has 28 heavy (non-hydrogen) atoms. The first-order valence-electron chi connectivity index (χ1n) is 9.46. The maximum atomic E-state index is 12.1. The monoisotopic (exact) mass is 366 g/mol. The van der Waals surface area contributed by atoms with E-state index in [-0.39, 0.29) is 11.6 Å². The molecular weight excluding hydrogens is 344 g/mol. The first kappa shape index (κ1) is 18.1. The van der Waals surface area contributed by atoms with Gasteiger partial charge in [-0.15, -0.1) is 0 Å². The lowest BCUT2D eigenvalue weighted by molar-refractivity contribution is -0.113. The van der Waals surface area contributed by atoms with Gasteiger partial charge in [0.25, 0.3) is 0 Å². The molecule has 0 fully saturated rings. The zero-order valence-corrected chi connectivity index (χ0v) is 16.6. The Bertz CT molecular complexity index is 1160. The molecule has 0 unspecified atom stereocenters. The summed E-state index contributed by atoms with van der Waals surface area (Å²) in [4.78, 5) is 24.2. The minimum atomic E-state index is 0.105. The third-order valence-corrected chi connectivity index (χ3v) is 5.46. The molecule has 2 aromatic rings. The van der Waals surface area contributed by atoms with Gasteiger partial charge in [0.05, 0.1) is 0 Å². The van der Waals surface area contributed by atoms with Crippen LogP contribution in [0.25, 0.3) is 21.9 Å². The molecule has 2 aliphatic carbocycles. The molecule has 2 heteroatoms. The van der Waals surface area contributed by atoms with Crippen LogP contribution in [0.5, 0.6) is 0 Å². The summed E-state index contributed by atoms with van der Waals surface area (Å²) in [6.45, 7) is 7.47. The van der Waals surface area contributed by atoms with E-state index in [1.165, 1.54) is 0 Å². The molecule has 138 valence electrons. The number of hydrogen-bond acceptors (Lipinski definition) is 2. The molecule has 0 bridgehead atoms. The Hall–Kier alpha value is -3.26. The van der Waals surface area contributed by atoms with E-state index in [0.29, 0.717) is 0 Å². The quantitative estimate of drug-likeness (QED) is 0.704. The van der Waals surface area contributed by atoms with E-state index in [4.69, 9.17) is 0 Å². The average molecular weight is 366 g/mol. The lowest BCUT2D eigenvalue weighted by Crippen LogP contribution is -2.16. The maximum absolute atomic E-state index is 12.1. The number of rotatable bonds is 0. The van der Waals surface area contributed by atoms with Gasteiger partial charge in [-0.25, -0.2) is 0 Å². The van der Waals surface area contributed by atoms with E-state index in [0.717, 1.165) is 54.6 Å². The van der Waals surface area contributed by atoms with Crippen molar-refractivity contribution >= 4 is 33.5 Å². The second-order valence-corrected chi connectivity index (χ2v) is 7.58. The van der Waals surface area contributed by atoms with Crippen molar-refractivity contribution in [3.05, 3.63) is 93.4 Å². The summed E-state index contributed by atoms with van der Waals surface area (Å²) in [6.07, 6.45) is 7.88. The van der Waals surface area contributed by atoms with Crippen molar-refractivity contribution < 1.29 is 9.59 Å². The summed E-state index contributed by atoms with van der Waals surface area (Å²) in [5.41, 5.74) is 5.17. The predicted molar refractivity (Wildman–Crippen MR) is 115 cm³/mol. The van der Waals surface area contributed by atoms with Gasteiger partial charge in [-0.1, -0.05) is 36.4 Å². The molecule has 2 aromatic carbocycles. The van der Waals surface area contributed by atoms with E-state index in [9.17, 15) is 9.59 Å². The van der Waals surface area contributed by atoms with E-state index >= 15 is 0 Å². The molecule has 0 amide bonds. The molecule has 0 N–H and O–H groups in total. The van der Waals surface area contributed by atoms with Gasteiger partial charge in [-0.3, -0.25) is 9.59 Å². The topological polar surface area (TPSA) is 34.1 Å². The smallest absolute Gasteiger partial charge is 0.184 e. The molecule has 0 aliphatic heterocycles. The Labute approximate surface area is 164 Å². The molecule has 4 rings (SSSR count). The highest BCUT2D eigenvalue weighted by Gasteiger charge is 2.15. The van der Waals surface area contributed by atoms with E-state index < -0.39 is 0 Å². The summed E-state index contributed by atoms with van der Waals surface area (Å²) in [6, 6.07) is 12.5. The first-order chi connectivity index (χ1) is 13.4. The van der Waals surface area contributed by atoms with Crippen LogP contribution >= 0.6 is 0 Å². The fourth-order valence-corrected chi connectivity index (χ4v) is 4.02.